The Morgan fingerprint density at radius 2 is 2.03 bits per heavy atom. The highest BCUT2D eigenvalue weighted by molar-refractivity contribution is 9.10. The zero-order valence-electron chi connectivity index (χ0n) is 16.2. The SMILES string of the molecule is Cc1c(C#N)c(NC(=O)COC(=O)c2ccc(F)cc2Br)n(C2CCCC2)c1C. The monoisotopic (exact) mass is 461 g/mol. The maximum atomic E-state index is 13.2. The van der Waals surface area contributed by atoms with Gasteiger partial charge in [-0.1, -0.05) is 12.8 Å². The van der Waals surface area contributed by atoms with E-state index in [9.17, 15) is 19.2 Å². The molecule has 0 atom stereocenters. The maximum absolute atomic E-state index is 13.2. The molecule has 1 aliphatic rings. The first-order chi connectivity index (χ1) is 13.8. The van der Waals surface area contributed by atoms with Crippen molar-refractivity contribution in [3.63, 3.8) is 0 Å². The second-order valence-electron chi connectivity index (χ2n) is 7.10. The normalized spacial score (nSPS) is 13.9. The second kappa shape index (κ2) is 8.78. The lowest BCUT2D eigenvalue weighted by atomic mass is 10.2. The largest absolute Gasteiger partial charge is 0.452 e. The smallest absolute Gasteiger partial charge is 0.339 e. The van der Waals surface area contributed by atoms with E-state index in [1.807, 2.05) is 18.4 Å². The zero-order valence-corrected chi connectivity index (χ0v) is 17.8. The van der Waals surface area contributed by atoms with Crippen LogP contribution < -0.4 is 5.32 Å². The molecule has 1 fully saturated rings. The summed E-state index contributed by atoms with van der Waals surface area (Å²) >= 11 is 3.10. The molecular weight excluding hydrogens is 441 g/mol. The number of hydrogen-bond acceptors (Lipinski definition) is 4. The number of carbonyl (C=O) groups is 2. The van der Waals surface area contributed by atoms with Gasteiger partial charge in [-0.05, 0) is 66.4 Å². The maximum Gasteiger partial charge on any atom is 0.339 e. The van der Waals surface area contributed by atoms with Crippen LogP contribution >= 0.6 is 15.9 Å². The molecule has 152 valence electrons. The summed E-state index contributed by atoms with van der Waals surface area (Å²) in [6, 6.07) is 5.98. The predicted octanol–water partition coefficient (Wildman–Crippen LogP) is 4.79. The highest BCUT2D eigenvalue weighted by Crippen LogP contribution is 2.37. The first-order valence-electron chi connectivity index (χ1n) is 9.37. The zero-order chi connectivity index (χ0) is 21.1. The minimum Gasteiger partial charge on any atom is -0.452 e. The Hall–Kier alpha value is -2.66. The number of carbonyl (C=O) groups excluding carboxylic acids is 2. The molecule has 0 radical (unpaired) electrons. The van der Waals surface area contributed by atoms with Crippen LogP contribution in [0.25, 0.3) is 0 Å². The number of nitrogens with zero attached hydrogens (tertiary/aromatic N) is 2. The summed E-state index contributed by atoms with van der Waals surface area (Å²) in [6.45, 7) is 3.29. The van der Waals surface area contributed by atoms with Crippen molar-refractivity contribution in [1.82, 2.24) is 4.57 Å². The van der Waals surface area contributed by atoms with E-state index in [2.05, 4.69) is 27.3 Å². The molecule has 0 spiro atoms. The van der Waals surface area contributed by atoms with Crippen LogP contribution in [-0.2, 0) is 9.53 Å². The van der Waals surface area contributed by atoms with Crippen LogP contribution in [-0.4, -0.2) is 23.1 Å². The number of ether oxygens (including phenoxy) is 1. The average Bonchev–Trinajstić information content (AvgIpc) is 3.27. The molecule has 1 saturated carbocycles. The Labute approximate surface area is 176 Å². The van der Waals surface area contributed by atoms with E-state index in [1.165, 1.54) is 6.07 Å². The molecule has 0 saturated heterocycles. The van der Waals surface area contributed by atoms with Gasteiger partial charge in [0.15, 0.2) is 6.61 Å². The van der Waals surface area contributed by atoms with Gasteiger partial charge in [0.05, 0.1) is 11.1 Å². The topological polar surface area (TPSA) is 84.1 Å². The second-order valence-corrected chi connectivity index (χ2v) is 7.96. The lowest BCUT2D eigenvalue weighted by Crippen LogP contribution is -2.24. The molecule has 0 unspecified atom stereocenters. The van der Waals surface area contributed by atoms with Crippen molar-refractivity contribution in [2.45, 2.75) is 45.6 Å². The number of rotatable bonds is 5. The molecule has 2 aromatic rings. The minimum atomic E-state index is -0.744. The fourth-order valence-electron chi connectivity index (χ4n) is 3.74. The summed E-state index contributed by atoms with van der Waals surface area (Å²) in [7, 11) is 0. The van der Waals surface area contributed by atoms with E-state index >= 15 is 0 Å². The molecule has 1 heterocycles. The summed E-state index contributed by atoms with van der Waals surface area (Å²) in [5, 5.41) is 12.3. The number of nitrogens with one attached hydrogen (secondary N) is 1. The molecule has 6 nitrogen and oxygen atoms in total. The van der Waals surface area contributed by atoms with Crippen LogP contribution in [0.15, 0.2) is 22.7 Å². The number of amides is 1. The molecule has 1 N–H and O–H groups in total. The molecule has 3 rings (SSSR count). The fourth-order valence-corrected chi connectivity index (χ4v) is 4.25. The number of hydrogen-bond donors (Lipinski definition) is 1. The van der Waals surface area contributed by atoms with Crippen molar-refractivity contribution < 1.29 is 18.7 Å². The first-order valence-corrected chi connectivity index (χ1v) is 10.2. The van der Waals surface area contributed by atoms with Crippen molar-refractivity contribution in [2.75, 3.05) is 11.9 Å². The van der Waals surface area contributed by atoms with Gasteiger partial charge in [-0.3, -0.25) is 4.79 Å². The predicted molar refractivity (Wildman–Crippen MR) is 109 cm³/mol. The third kappa shape index (κ3) is 4.35. The van der Waals surface area contributed by atoms with Crippen molar-refractivity contribution in [3.05, 3.63) is 50.9 Å². The van der Waals surface area contributed by atoms with Crippen molar-refractivity contribution in [1.29, 1.82) is 5.26 Å². The van der Waals surface area contributed by atoms with Gasteiger partial charge >= 0.3 is 5.97 Å². The van der Waals surface area contributed by atoms with Gasteiger partial charge in [-0.2, -0.15) is 5.26 Å². The number of benzene rings is 1. The summed E-state index contributed by atoms with van der Waals surface area (Å²) in [5.41, 5.74) is 2.34. The molecule has 0 aliphatic heterocycles. The van der Waals surface area contributed by atoms with Crippen LogP contribution in [0.5, 0.6) is 0 Å². The number of aromatic nitrogens is 1. The molecule has 1 aromatic heterocycles. The van der Waals surface area contributed by atoms with E-state index in [0.29, 0.717) is 11.4 Å². The van der Waals surface area contributed by atoms with E-state index in [4.69, 9.17) is 4.74 Å². The molecule has 0 bridgehead atoms. The summed E-state index contributed by atoms with van der Waals surface area (Å²) in [6.07, 6.45) is 4.22. The highest BCUT2D eigenvalue weighted by Gasteiger charge is 2.27. The van der Waals surface area contributed by atoms with E-state index in [0.717, 1.165) is 49.1 Å². The number of anilines is 1. The molecule has 1 aromatic carbocycles. The van der Waals surface area contributed by atoms with E-state index in [-0.39, 0.29) is 16.1 Å². The van der Waals surface area contributed by atoms with Crippen LogP contribution in [0, 0.1) is 31.0 Å². The quantitative estimate of drug-likeness (QED) is 0.648. The summed E-state index contributed by atoms with van der Waals surface area (Å²) < 4.78 is 20.5. The Morgan fingerprint density at radius 1 is 1.34 bits per heavy atom. The van der Waals surface area contributed by atoms with Crippen molar-refractivity contribution >= 4 is 33.6 Å². The average molecular weight is 462 g/mol. The van der Waals surface area contributed by atoms with Gasteiger partial charge in [-0.15, -0.1) is 0 Å². The van der Waals surface area contributed by atoms with Crippen LogP contribution in [0.4, 0.5) is 10.2 Å². The van der Waals surface area contributed by atoms with Crippen molar-refractivity contribution in [3.8, 4) is 6.07 Å². The van der Waals surface area contributed by atoms with Gasteiger partial charge in [0.2, 0.25) is 0 Å². The van der Waals surface area contributed by atoms with Crippen LogP contribution in [0.3, 0.4) is 0 Å². The van der Waals surface area contributed by atoms with Crippen molar-refractivity contribution in [2.24, 2.45) is 0 Å². The first kappa shape index (κ1) is 21.1. The number of halogens is 2. The van der Waals surface area contributed by atoms with Gasteiger partial charge in [0.25, 0.3) is 5.91 Å². The Kier molecular flexibility index (Phi) is 6.38. The van der Waals surface area contributed by atoms with Crippen LogP contribution in [0.1, 0.15) is 58.9 Å². The van der Waals surface area contributed by atoms with E-state index < -0.39 is 24.3 Å². The minimum absolute atomic E-state index is 0.123. The molecule has 1 amide bonds. The fraction of sp³-hybridized carbons (Fsp3) is 0.381. The van der Waals surface area contributed by atoms with Gasteiger partial charge in [-0.25, -0.2) is 9.18 Å². The number of esters is 1. The lowest BCUT2D eigenvalue weighted by Gasteiger charge is -2.19. The summed E-state index contributed by atoms with van der Waals surface area (Å²) in [5.74, 6) is -1.32. The van der Waals surface area contributed by atoms with Crippen LogP contribution in [0.2, 0.25) is 0 Å². The molecule has 8 heteroatoms. The van der Waals surface area contributed by atoms with E-state index in [1.54, 1.807) is 0 Å². The Morgan fingerprint density at radius 3 is 2.66 bits per heavy atom. The summed E-state index contributed by atoms with van der Waals surface area (Å²) in [4.78, 5) is 24.6. The molecular formula is C21H21BrFN3O3. The molecule has 29 heavy (non-hydrogen) atoms. The highest BCUT2D eigenvalue weighted by atomic mass is 79.9. The number of nitriles is 1. The Balaban J connectivity index is 1.74. The molecule has 1 aliphatic carbocycles. The third-order valence-electron chi connectivity index (χ3n) is 5.30. The van der Waals surface area contributed by atoms with Gasteiger partial charge in [0.1, 0.15) is 17.7 Å². The van der Waals surface area contributed by atoms with Gasteiger partial charge in [0, 0.05) is 16.2 Å². The van der Waals surface area contributed by atoms with Gasteiger partial charge < -0.3 is 14.6 Å². The third-order valence-corrected chi connectivity index (χ3v) is 5.96. The standard InChI is InChI=1S/C21H21BrFN3O3/c1-12-13(2)26(15-5-3-4-6-15)20(17(12)10-24)25-19(27)11-29-21(28)16-8-7-14(23)9-18(16)22/h7-9,15H,3-6,11H2,1-2H3,(H,25,27). The Bertz CT molecular complexity index is 1000. The lowest BCUT2D eigenvalue weighted by molar-refractivity contribution is -0.119.